The summed E-state index contributed by atoms with van der Waals surface area (Å²) >= 11 is 5.87. The van der Waals surface area contributed by atoms with Crippen LogP contribution in [0, 0.1) is 11.3 Å². The van der Waals surface area contributed by atoms with Crippen molar-refractivity contribution in [3.8, 4) is 17.6 Å². The molecule has 0 bridgehead atoms. The van der Waals surface area contributed by atoms with Crippen molar-refractivity contribution < 1.29 is 9.47 Å². The third-order valence-electron chi connectivity index (χ3n) is 2.88. The number of benzene rings is 1. The number of pyridine rings is 1. The number of nitrogens with one attached hydrogen (secondary N) is 1. The van der Waals surface area contributed by atoms with Crippen LogP contribution in [-0.4, -0.2) is 19.2 Å². The Bertz CT molecular complexity index is 683. The van der Waals surface area contributed by atoms with Crippen LogP contribution in [0.4, 0.5) is 5.82 Å². The molecule has 108 valence electrons. The second-order valence-corrected chi connectivity index (χ2v) is 4.59. The van der Waals surface area contributed by atoms with Crippen LogP contribution >= 0.6 is 11.6 Å². The predicted molar refractivity (Wildman–Crippen MR) is 80.8 cm³/mol. The molecule has 1 aromatic heterocycles. The van der Waals surface area contributed by atoms with Crippen LogP contribution in [0.15, 0.2) is 30.3 Å². The maximum atomic E-state index is 8.91. The van der Waals surface area contributed by atoms with E-state index in [1.54, 1.807) is 20.3 Å². The summed E-state index contributed by atoms with van der Waals surface area (Å²) in [6, 6.07) is 10.8. The zero-order valence-corrected chi connectivity index (χ0v) is 12.4. The smallest absolute Gasteiger partial charge is 0.132 e. The lowest BCUT2D eigenvalue weighted by Crippen LogP contribution is -2.04. The van der Waals surface area contributed by atoms with Gasteiger partial charge in [0.05, 0.1) is 25.9 Å². The molecule has 0 aliphatic carbocycles. The molecule has 0 saturated heterocycles. The number of aromatic nitrogens is 1. The second kappa shape index (κ2) is 6.82. The first kappa shape index (κ1) is 14.9. The van der Waals surface area contributed by atoms with Crippen LogP contribution in [-0.2, 0) is 6.54 Å². The van der Waals surface area contributed by atoms with Gasteiger partial charge in [0.2, 0.25) is 0 Å². The number of anilines is 1. The number of ether oxygens (including phenoxy) is 2. The summed E-state index contributed by atoms with van der Waals surface area (Å²) in [5.41, 5.74) is 1.40. The lowest BCUT2D eigenvalue weighted by atomic mass is 10.2. The first-order chi connectivity index (χ1) is 10.2. The molecule has 0 aliphatic rings. The molecule has 0 fully saturated rings. The van der Waals surface area contributed by atoms with Gasteiger partial charge in [-0.1, -0.05) is 11.6 Å². The zero-order valence-electron chi connectivity index (χ0n) is 11.7. The standard InChI is InChI=1S/C15H14ClN3O2/c1-20-12-4-3-11(13(7-12)21-2)9-18-15-6-10(8-17)5-14(16)19-15/h3-7H,9H2,1-2H3,(H,18,19). The van der Waals surface area contributed by atoms with Crippen LogP contribution in [0.5, 0.6) is 11.5 Å². The molecular formula is C15H14ClN3O2. The number of hydrogen-bond donors (Lipinski definition) is 1. The molecule has 5 nitrogen and oxygen atoms in total. The van der Waals surface area contributed by atoms with E-state index in [0.717, 1.165) is 11.3 Å². The summed E-state index contributed by atoms with van der Waals surface area (Å²) in [5.74, 6) is 1.98. The van der Waals surface area contributed by atoms with E-state index in [9.17, 15) is 0 Å². The van der Waals surface area contributed by atoms with Crippen molar-refractivity contribution in [2.24, 2.45) is 0 Å². The van der Waals surface area contributed by atoms with Crippen molar-refractivity contribution in [1.82, 2.24) is 4.98 Å². The Hall–Kier alpha value is -2.45. The molecule has 2 rings (SSSR count). The normalized spacial score (nSPS) is 9.81. The van der Waals surface area contributed by atoms with E-state index in [-0.39, 0.29) is 5.15 Å². The van der Waals surface area contributed by atoms with E-state index in [1.165, 1.54) is 6.07 Å². The molecule has 2 aromatic rings. The maximum Gasteiger partial charge on any atom is 0.132 e. The molecule has 0 spiro atoms. The molecule has 0 aliphatic heterocycles. The van der Waals surface area contributed by atoms with Gasteiger partial charge in [0.25, 0.3) is 0 Å². The molecule has 6 heteroatoms. The molecule has 1 heterocycles. The highest BCUT2D eigenvalue weighted by Gasteiger charge is 2.06. The third kappa shape index (κ3) is 3.77. The SMILES string of the molecule is COc1ccc(CNc2cc(C#N)cc(Cl)n2)c(OC)c1. The molecule has 0 radical (unpaired) electrons. The Morgan fingerprint density at radius 1 is 1.24 bits per heavy atom. The van der Waals surface area contributed by atoms with Crippen molar-refractivity contribution in [3.63, 3.8) is 0 Å². The monoisotopic (exact) mass is 303 g/mol. The minimum atomic E-state index is 0.276. The Balaban J connectivity index is 2.16. The Morgan fingerprint density at radius 2 is 2.05 bits per heavy atom. The van der Waals surface area contributed by atoms with Crippen molar-refractivity contribution >= 4 is 17.4 Å². The lowest BCUT2D eigenvalue weighted by Gasteiger charge is -2.12. The quantitative estimate of drug-likeness (QED) is 0.859. The number of rotatable bonds is 5. The summed E-state index contributed by atoms with van der Waals surface area (Å²) in [6.45, 7) is 0.491. The summed E-state index contributed by atoms with van der Waals surface area (Å²) in [5, 5.41) is 12.3. The minimum Gasteiger partial charge on any atom is -0.497 e. The number of nitriles is 1. The second-order valence-electron chi connectivity index (χ2n) is 4.21. The molecule has 0 atom stereocenters. The van der Waals surface area contributed by atoms with Gasteiger partial charge in [-0.15, -0.1) is 0 Å². The van der Waals surface area contributed by atoms with Gasteiger partial charge in [-0.2, -0.15) is 5.26 Å². The fraction of sp³-hybridized carbons (Fsp3) is 0.200. The van der Waals surface area contributed by atoms with Crippen LogP contribution < -0.4 is 14.8 Å². The Kier molecular flexibility index (Phi) is 4.85. The number of methoxy groups -OCH3 is 2. The van der Waals surface area contributed by atoms with Gasteiger partial charge in [-0.25, -0.2) is 4.98 Å². The van der Waals surface area contributed by atoms with Crippen LogP contribution in [0.25, 0.3) is 0 Å². The highest BCUT2D eigenvalue weighted by molar-refractivity contribution is 6.29. The van der Waals surface area contributed by atoms with Crippen LogP contribution in [0.1, 0.15) is 11.1 Å². The maximum absolute atomic E-state index is 8.91. The van der Waals surface area contributed by atoms with Crippen molar-refractivity contribution in [2.45, 2.75) is 6.54 Å². The van der Waals surface area contributed by atoms with Gasteiger partial charge in [0.15, 0.2) is 0 Å². The number of halogens is 1. The van der Waals surface area contributed by atoms with Crippen LogP contribution in [0.2, 0.25) is 5.15 Å². The van der Waals surface area contributed by atoms with E-state index in [0.29, 0.717) is 23.7 Å². The van der Waals surface area contributed by atoms with Gasteiger partial charge in [0, 0.05) is 18.2 Å². The fourth-order valence-electron chi connectivity index (χ4n) is 1.84. The van der Waals surface area contributed by atoms with Gasteiger partial charge in [0.1, 0.15) is 22.5 Å². The molecule has 0 unspecified atom stereocenters. The van der Waals surface area contributed by atoms with Crippen molar-refractivity contribution in [3.05, 3.63) is 46.6 Å². The van der Waals surface area contributed by atoms with E-state index < -0.39 is 0 Å². The summed E-state index contributed by atoms with van der Waals surface area (Å²) in [6.07, 6.45) is 0. The third-order valence-corrected chi connectivity index (χ3v) is 3.07. The number of hydrogen-bond acceptors (Lipinski definition) is 5. The summed E-state index contributed by atoms with van der Waals surface area (Å²) in [4.78, 5) is 4.12. The van der Waals surface area contributed by atoms with Gasteiger partial charge in [-0.3, -0.25) is 0 Å². The molecule has 0 saturated carbocycles. The van der Waals surface area contributed by atoms with Crippen molar-refractivity contribution in [2.75, 3.05) is 19.5 Å². The van der Waals surface area contributed by atoms with E-state index in [4.69, 9.17) is 26.3 Å². The zero-order chi connectivity index (χ0) is 15.2. The molecule has 1 N–H and O–H groups in total. The Labute approximate surface area is 128 Å². The average Bonchev–Trinajstić information content (AvgIpc) is 2.52. The highest BCUT2D eigenvalue weighted by atomic mass is 35.5. The van der Waals surface area contributed by atoms with Gasteiger partial charge < -0.3 is 14.8 Å². The molecular weight excluding hydrogens is 290 g/mol. The first-order valence-corrected chi connectivity index (χ1v) is 6.56. The largest absolute Gasteiger partial charge is 0.497 e. The van der Waals surface area contributed by atoms with E-state index in [2.05, 4.69) is 10.3 Å². The topological polar surface area (TPSA) is 67.2 Å². The van der Waals surface area contributed by atoms with Gasteiger partial charge >= 0.3 is 0 Å². The molecule has 1 aromatic carbocycles. The summed E-state index contributed by atoms with van der Waals surface area (Å²) in [7, 11) is 3.20. The first-order valence-electron chi connectivity index (χ1n) is 6.18. The van der Waals surface area contributed by atoms with E-state index >= 15 is 0 Å². The predicted octanol–water partition coefficient (Wildman–Crippen LogP) is 3.24. The van der Waals surface area contributed by atoms with Crippen molar-refractivity contribution in [1.29, 1.82) is 5.26 Å². The average molecular weight is 304 g/mol. The van der Waals surface area contributed by atoms with Crippen LogP contribution in [0.3, 0.4) is 0 Å². The highest BCUT2D eigenvalue weighted by Crippen LogP contribution is 2.25. The molecule has 0 amide bonds. The molecule has 21 heavy (non-hydrogen) atoms. The summed E-state index contributed by atoms with van der Waals surface area (Å²) < 4.78 is 10.5. The number of nitrogens with zero attached hydrogens (tertiary/aromatic N) is 2. The lowest BCUT2D eigenvalue weighted by molar-refractivity contribution is 0.391. The van der Waals surface area contributed by atoms with Gasteiger partial charge in [-0.05, 0) is 24.3 Å². The minimum absolute atomic E-state index is 0.276. The Morgan fingerprint density at radius 3 is 2.71 bits per heavy atom. The fourth-order valence-corrected chi connectivity index (χ4v) is 2.04. The van der Waals surface area contributed by atoms with E-state index in [1.807, 2.05) is 24.3 Å².